The molecule has 2 N–H and O–H groups in total. The van der Waals surface area contributed by atoms with Crippen LogP contribution in [0.25, 0.3) is 32.3 Å². The number of carbonyl (C=O) groups is 2. The van der Waals surface area contributed by atoms with Gasteiger partial charge in [-0.3, -0.25) is 9.59 Å². The minimum Gasteiger partial charge on any atom is -0.489 e. The molecule has 50 heavy (non-hydrogen) atoms. The zero-order chi connectivity index (χ0) is 34.4. The Morgan fingerprint density at radius 2 is 1.12 bits per heavy atom. The van der Waals surface area contributed by atoms with Gasteiger partial charge >= 0.3 is 5.97 Å². The van der Waals surface area contributed by atoms with E-state index in [4.69, 9.17) is 23.8 Å². The van der Waals surface area contributed by atoms with Crippen molar-refractivity contribution in [3.8, 4) is 5.75 Å². The molecule has 0 bridgehead atoms. The Balaban J connectivity index is 0.823. The van der Waals surface area contributed by atoms with Gasteiger partial charge in [-0.15, -0.1) is 0 Å². The number of benzene rings is 6. The van der Waals surface area contributed by atoms with Crippen LogP contribution in [-0.2, 0) is 30.3 Å². The van der Waals surface area contributed by atoms with Gasteiger partial charge in [0.25, 0.3) is 5.91 Å². The van der Waals surface area contributed by atoms with E-state index in [9.17, 15) is 9.59 Å². The summed E-state index contributed by atoms with van der Waals surface area (Å²) in [7, 11) is 0. The Morgan fingerprint density at radius 3 is 1.84 bits per heavy atom. The highest BCUT2D eigenvalue weighted by Gasteiger charge is 2.17. The summed E-state index contributed by atoms with van der Waals surface area (Å²) >= 11 is 0. The summed E-state index contributed by atoms with van der Waals surface area (Å²) in [6, 6.07) is 39.3. The van der Waals surface area contributed by atoms with Gasteiger partial charge in [0.05, 0.1) is 63.9 Å². The lowest BCUT2D eigenvalue weighted by atomic mass is 9.96. The SMILES string of the molecule is O=C(Cc1ccc2ccccc2c1)ONCCOCCOCCOCCOc1ccccc1NC(=O)c1c2ccccc2cc2ccccc12. The van der Waals surface area contributed by atoms with Crippen LogP contribution in [0.5, 0.6) is 5.75 Å². The van der Waals surface area contributed by atoms with Gasteiger partial charge in [0.1, 0.15) is 12.4 Å². The zero-order valence-electron chi connectivity index (χ0n) is 27.8. The van der Waals surface area contributed by atoms with Crippen molar-refractivity contribution < 1.29 is 33.4 Å². The molecule has 9 nitrogen and oxygen atoms in total. The average molecular weight is 673 g/mol. The summed E-state index contributed by atoms with van der Waals surface area (Å²) < 4.78 is 22.7. The number of nitrogens with one attached hydrogen (secondary N) is 2. The zero-order valence-corrected chi connectivity index (χ0v) is 27.8. The van der Waals surface area contributed by atoms with Gasteiger partial charge in [-0.1, -0.05) is 103 Å². The molecule has 0 saturated heterocycles. The number of hydroxylamine groups is 1. The van der Waals surface area contributed by atoms with E-state index < -0.39 is 0 Å². The third-order valence-corrected chi connectivity index (χ3v) is 8.06. The summed E-state index contributed by atoms with van der Waals surface area (Å²) in [4.78, 5) is 30.9. The summed E-state index contributed by atoms with van der Waals surface area (Å²) in [6.07, 6.45) is 0.191. The first-order chi connectivity index (χ1) is 24.7. The van der Waals surface area contributed by atoms with Crippen LogP contribution in [0, 0.1) is 0 Å². The molecule has 0 aliphatic heterocycles. The largest absolute Gasteiger partial charge is 0.489 e. The highest BCUT2D eigenvalue weighted by atomic mass is 16.7. The van der Waals surface area contributed by atoms with Crippen LogP contribution in [0.1, 0.15) is 15.9 Å². The smallest absolute Gasteiger partial charge is 0.329 e. The van der Waals surface area contributed by atoms with Crippen molar-refractivity contribution in [1.82, 2.24) is 5.48 Å². The Kier molecular flexibility index (Phi) is 12.4. The van der Waals surface area contributed by atoms with E-state index in [1.54, 1.807) is 0 Å². The second-order valence-electron chi connectivity index (χ2n) is 11.6. The summed E-state index contributed by atoms with van der Waals surface area (Å²) in [5.74, 6) is 0.0197. The van der Waals surface area contributed by atoms with E-state index in [0.29, 0.717) is 69.8 Å². The predicted octanol–water partition coefficient (Wildman–Crippen LogP) is 7.12. The van der Waals surface area contributed by atoms with Crippen LogP contribution in [-0.4, -0.2) is 64.7 Å². The number of hydrogen-bond donors (Lipinski definition) is 2. The Morgan fingerprint density at radius 1 is 0.540 bits per heavy atom. The number of para-hydroxylation sites is 2. The van der Waals surface area contributed by atoms with Gasteiger partial charge in [-0.2, -0.15) is 5.48 Å². The molecular formula is C41H40N2O7. The van der Waals surface area contributed by atoms with Crippen molar-refractivity contribution in [2.45, 2.75) is 6.42 Å². The molecule has 0 fully saturated rings. The molecule has 9 heteroatoms. The maximum atomic E-state index is 13.7. The van der Waals surface area contributed by atoms with Gasteiger partial charge in [0.2, 0.25) is 0 Å². The number of hydrogen-bond acceptors (Lipinski definition) is 8. The predicted molar refractivity (Wildman–Crippen MR) is 196 cm³/mol. The lowest BCUT2D eigenvalue weighted by Crippen LogP contribution is -2.25. The maximum Gasteiger partial charge on any atom is 0.329 e. The van der Waals surface area contributed by atoms with E-state index in [0.717, 1.165) is 37.9 Å². The highest BCUT2D eigenvalue weighted by Crippen LogP contribution is 2.31. The topological polar surface area (TPSA) is 104 Å². The van der Waals surface area contributed by atoms with Gasteiger partial charge in [-0.25, -0.2) is 0 Å². The Labute approximate surface area is 291 Å². The standard InChI is InChI=1S/C41H40N2O7/c44-39(28-30-17-18-31-9-1-2-10-32(31)27-30)50-42-19-20-46-21-22-47-23-24-48-25-26-49-38-16-8-7-15-37(38)43-41(45)40-35-13-5-3-11-33(35)29-34-12-4-6-14-36(34)40/h1-18,27,29,42H,19-26,28H2,(H,43,45). The second-order valence-corrected chi connectivity index (χ2v) is 11.6. The Hall–Kier alpha value is -5.32. The molecule has 6 rings (SSSR count). The first-order valence-corrected chi connectivity index (χ1v) is 16.7. The summed E-state index contributed by atoms with van der Waals surface area (Å²) in [5.41, 5.74) is 4.77. The molecule has 0 spiro atoms. The molecule has 0 aliphatic carbocycles. The summed E-state index contributed by atoms with van der Waals surface area (Å²) in [5, 5.41) is 9.10. The molecule has 6 aromatic rings. The normalized spacial score (nSPS) is 11.2. The summed E-state index contributed by atoms with van der Waals surface area (Å²) in [6.45, 7) is 3.08. The Bertz CT molecular complexity index is 1990. The number of fused-ring (bicyclic) bond motifs is 3. The van der Waals surface area contributed by atoms with Crippen molar-refractivity contribution >= 4 is 49.9 Å². The molecule has 1 amide bonds. The molecule has 0 radical (unpaired) electrons. The maximum absolute atomic E-state index is 13.7. The van der Waals surface area contributed by atoms with Crippen molar-refractivity contribution in [2.75, 3.05) is 58.1 Å². The lowest BCUT2D eigenvalue weighted by Gasteiger charge is -2.15. The quantitative estimate of drug-likeness (QED) is 0.0566. The molecule has 256 valence electrons. The van der Waals surface area contributed by atoms with Gasteiger partial charge in [0, 0.05) is 0 Å². The highest BCUT2D eigenvalue weighted by molar-refractivity contribution is 6.22. The molecule has 0 saturated carbocycles. The molecular weight excluding hydrogens is 632 g/mol. The van der Waals surface area contributed by atoms with Crippen molar-refractivity contribution in [1.29, 1.82) is 0 Å². The number of carbonyl (C=O) groups excluding carboxylic acids is 2. The van der Waals surface area contributed by atoms with Crippen molar-refractivity contribution in [3.05, 3.63) is 132 Å². The van der Waals surface area contributed by atoms with Crippen molar-refractivity contribution in [3.63, 3.8) is 0 Å². The third-order valence-electron chi connectivity index (χ3n) is 8.06. The molecule has 0 heterocycles. The van der Waals surface area contributed by atoms with Crippen LogP contribution < -0.4 is 15.5 Å². The number of ether oxygens (including phenoxy) is 4. The minimum absolute atomic E-state index is 0.191. The van der Waals surface area contributed by atoms with Crippen LogP contribution in [0.2, 0.25) is 0 Å². The minimum atomic E-state index is -0.351. The van der Waals surface area contributed by atoms with E-state index in [-0.39, 0.29) is 18.3 Å². The van der Waals surface area contributed by atoms with E-state index in [1.807, 2.05) is 115 Å². The van der Waals surface area contributed by atoms with E-state index in [2.05, 4.69) is 16.9 Å². The van der Waals surface area contributed by atoms with Crippen LogP contribution in [0.4, 0.5) is 5.69 Å². The van der Waals surface area contributed by atoms with Crippen molar-refractivity contribution in [2.24, 2.45) is 0 Å². The average Bonchev–Trinajstić information content (AvgIpc) is 3.14. The van der Waals surface area contributed by atoms with E-state index in [1.165, 1.54) is 0 Å². The van der Waals surface area contributed by atoms with Crippen LogP contribution >= 0.6 is 0 Å². The first-order valence-electron chi connectivity index (χ1n) is 16.7. The van der Waals surface area contributed by atoms with Crippen LogP contribution in [0.15, 0.2) is 121 Å². The monoisotopic (exact) mass is 672 g/mol. The van der Waals surface area contributed by atoms with E-state index >= 15 is 0 Å². The number of amides is 1. The second kappa shape index (κ2) is 17.9. The third kappa shape index (κ3) is 9.43. The molecule has 0 aromatic heterocycles. The molecule has 0 aliphatic rings. The molecule has 0 atom stereocenters. The fraction of sp³-hybridized carbons (Fsp3) is 0.220. The number of anilines is 1. The van der Waals surface area contributed by atoms with Gasteiger partial charge in [0.15, 0.2) is 0 Å². The lowest BCUT2D eigenvalue weighted by molar-refractivity contribution is -0.150. The fourth-order valence-electron chi connectivity index (χ4n) is 5.69. The fourth-order valence-corrected chi connectivity index (χ4v) is 5.69. The van der Waals surface area contributed by atoms with Gasteiger partial charge < -0.3 is 29.1 Å². The number of rotatable bonds is 18. The molecule has 6 aromatic carbocycles. The van der Waals surface area contributed by atoms with Crippen LogP contribution in [0.3, 0.4) is 0 Å². The van der Waals surface area contributed by atoms with Gasteiger partial charge in [-0.05, 0) is 56.1 Å². The first kappa shape index (κ1) is 34.5. The molecule has 0 unspecified atom stereocenters.